The molecule has 1 aromatic rings. The monoisotopic (exact) mass is 267 g/mol. The minimum Gasteiger partial charge on any atom is -0.480 e. The first-order chi connectivity index (χ1) is 9.08. The normalized spacial score (nSPS) is 11.9. The number of ether oxygens (including phenoxy) is 1. The molecule has 1 heterocycles. The van der Waals surface area contributed by atoms with Crippen LogP contribution < -0.4 is 9.64 Å². The maximum absolute atomic E-state index is 10.9. The van der Waals surface area contributed by atoms with Crippen LogP contribution in [0.1, 0.15) is 33.6 Å². The highest BCUT2D eigenvalue weighted by atomic mass is 16.5. The van der Waals surface area contributed by atoms with Crippen LogP contribution >= 0.6 is 0 Å². The highest BCUT2D eigenvalue weighted by Gasteiger charge is 2.19. The molecule has 1 rings (SSSR count). The molecule has 19 heavy (non-hydrogen) atoms. The summed E-state index contributed by atoms with van der Waals surface area (Å²) < 4.78 is 5.44. The summed E-state index contributed by atoms with van der Waals surface area (Å²) in [6, 6.07) is 1.73. The Balaban J connectivity index is 2.91. The molecule has 1 N–H and O–H groups in total. The lowest BCUT2D eigenvalue weighted by Crippen LogP contribution is -2.38. The fourth-order valence-corrected chi connectivity index (χ4v) is 1.55. The zero-order chi connectivity index (χ0) is 14.3. The summed E-state index contributed by atoms with van der Waals surface area (Å²) in [5.74, 6) is -0.0281. The molecule has 0 aliphatic rings. The molecule has 0 aliphatic carbocycles. The van der Waals surface area contributed by atoms with Gasteiger partial charge < -0.3 is 14.7 Å². The number of carboxylic acid groups (broad SMARTS) is 1. The third kappa shape index (κ3) is 4.73. The molecule has 0 saturated heterocycles. The Morgan fingerprint density at radius 1 is 1.53 bits per heavy atom. The molecular formula is C13H21N3O3. The minimum atomic E-state index is -0.899. The maximum atomic E-state index is 10.9. The van der Waals surface area contributed by atoms with Crippen LogP contribution in [0, 0.1) is 0 Å². The SMILES string of the molecule is CCCOc1ccnc(N(CC(=O)O)C(C)CC)n1. The van der Waals surface area contributed by atoms with Crippen molar-refractivity contribution in [1.82, 2.24) is 9.97 Å². The van der Waals surface area contributed by atoms with Crippen LogP contribution in [0.25, 0.3) is 0 Å². The van der Waals surface area contributed by atoms with Crippen LogP contribution in [0.4, 0.5) is 5.95 Å². The zero-order valence-electron chi connectivity index (χ0n) is 11.7. The van der Waals surface area contributed by atoms with E-state index in [0.717, 1.165) is 12.8 Å². The van der Waals surface area contributed by atoms with Gasteiger partial charge in [0.1, 0.15) is 6.54 Å². The molecule has 6 nitrogen and oxygen atoms in total. The zero-order valence-corrected chi connectivity index (χ0v) is 11.7. The highest BCUT2D eigenvalue weighted by molar-refractivity contribution is 5.72. The van der Waals surface area contributed by atoms with E-state index in [1.165, 1.54) is 0 Å². The van der Waals surface area contributed by atoms with Gasteiger partial charge in [-0.05, 0) is 19.8 Å². The molecule has 0 saturated carbocycles. The number of anilines is 1. The molecule has 0 aliphatic heterocycles. The van der Waals surface area contributed by atoms with Gasteiger partial charge in [-0.2, -0.15) is 4.98 Å². The minimum absolute atomic E-state index is 0.0533. The molecule has 0 spiro atoms. The average molecular weight is 267 g/mol. The van der Waals surface area contributed by atoms with E-state index >= 15 is 0 Å². The first-order valence-corrected chi connectivity index (χ1v) is 6.52. The van der Waals surface area contributed by atoms with Crippen LogP contribution in [0.3, 0.4) is 0 Å². The maximum Gasteiger partial charge on any atom is 0.323 e. The number of hydrogen-bond donors (Lipinski definition) is 1. The number of nitrogens with zero attached hydrogens (tertiary/aromatic N) is 3. The molecule has 1 aromatic heterocycles. The lowest BCUT2D eigenvalue weighted by Gasteiger charge is -2.26. The van der Waals surface area contributed by atoms with Crippen molar-refractivity contribution in [3.8, 4) is 5.88 Å². The van der Waals surface area contributed by atoms with Gasteiger partial charge in [0, 0.05) is 18.3 Å². The van der Waals surface area contributed by atoms with E-state index in [-0.39, 0.29) is 12.6 Å². The number of hydrogen-bond acceptors (Lipinski definition) is 5. The fourth-order valence-electron chi connectivity index (χ4n) is 1.55. The van der Waals surface area contributed by atoms with Crippen LogP contribution in [-0.2, 0) is 4.79 Å². The van der Waals surface area contributed by atoms with Gasteiger partial charge in [-0.25, -0.2) is 4.98 Å². The molecule has 0 amide bonds. The van der Waals surface area contributed by atoms with Crippen molar-refractivity contribution in [2.24, 2.45) is 0 Å². The summed E-state index contributed by atoms with van der Waals surface area (Å²) in [5.41, 5.74) is 0. The van der Waals surface area contributed by atoms with E-state index in [9.17, 15) is 4.79 Å². The number of rotatable bonds is 8. The van der Waals surface area contributed by atoms with Crippen molar-refractivity contribution in [3.63, 3.8) is 0 Å². The third-order valence-corrected chi connectivity index (χ3v) is 2.76. The molecule has 1 unspecified atom stereocenters. The fraction of sp³-hybridized carbons (Fsp3) is 0.615. The first-order valence-electron chi connectivity index (χ1n) is 6.52. The first kappa shape index (κ1) is 15.2. The summed E-state index contributed by atoms with van der Waals surface area (Å²) in [6.07, 6.45) is 3.30. The smallest absolute Gasteiger partial charge is 0.323 e. The van der Waals surface area contributed by atoms with E-state index in [0.29, 0.717) is 18.4 Å². The summed E-state index contributed by atoms with van der Waals surface area (Å²) in [4.78, 5) is 21.0. The van der Waals surface area contributed by atoms with Gasteiger partial charge in [0.25, 0.3) is 0 Å². The third-order valence-electron chi connectivity index (χ3n) is 2.76. The van der Waals surface area contributed by atoms with Gasteiger partial charge in [-0.1, -0.05) is 13.8 Å². The van der Waals surface area contributed by atoms with E-state index < -0.39 is 5.97 Å². The summed E-state index contributed by atoms with van der Waals surface area (Å²) in [7, 11) is 0. The Kier molecular flexibility index (Phi) is 6.05. The number of carboxylic acids is 1. The topological polar surface area (TPSA) is 75.5 Å². The number of aliphatic carboxylic acids is 1. The van der Waals surface area contributed by atoms with Crippen molar-refractivity contribution in [3.05, 3.63) is 12.3 Å². The average Bonchev–Trinajstić information content (AvgIpc) is 2.41. The Morgan fingerprint density at radius 3 is 2.84 bits per heavy atom. The summed E-state index contributed by atoms with van der Waals surface area (Å²) in [5, 5.41) is 8.97. The molecule has 0 aromatic carbocycles. The van der Waals surface area contributed by atoms with Gasteiger partial charge in [0.2, 0.25) is 11.8 Å². The van der Waals surface area contributed by atoms with E-state index in [1.807, 2.05) is 20.8 Å². The molecule has 0 radical (unpaired) electrons. The number of aromatic nitrogens is 2. The van der Waals surface area contributed by atoms with Crippen LogP contribution in [0.15, 0.2) is 12.3 Å². The highest BCUT2D eigenvalue weighted by Crippen LogP contribution is 2.16. The molecule has 0 fully saturated rings. The molecule has 6 heteroatoms. The second-order valence-corrected chi connectivity index (χ2v) is 4.32. The molecular weight excluding hydrogens is 246 g/mol. The summed E-state index contributed by atoms with van der Waals surface area (Å²) >= 11 is 0. The standard InChI is InChI=1S/C13H21N3O3/c1-4-8-19-11-6-7-14-13(15-11)16(9-12(17)18)10(3)5-2/h6-7,10H,4-5,8-9H2,1-3H3,(H,17,18). The van der Waals surface area contributed by atoms with Gasteiger partial charge >= 0.3 is 5.97 Å². The Morgan fingerprint density at radius 2 is 2.26 bits per heavy atom. The van der Waals surface area contributed by atoms with Crippen LogP contribution in [0.5, 0.6) is 5.88 Å². The van der Waals surface area contributed by atoms with E-state index in [4.69, 9.17) is 9.84 Å². The van der Waals surface area contributed by atoms with Crippen molar-refractivity contribution < 1.29 is 14.6 Å². The largest absolute Gasteiger partial charge is 0.480 e. The number of carbonyl (C=O) groups is 1. The second kappa shape index (κ2) is 7.56. The van der Waals surface area contributed by atoms with Crippen molar-refractivity contribution in [2.45, 2.75) is 39.7 Å². The molecule has 0 bridgehead atoms. The predicted molar refractivity (Wildman–Crippen MR) is 72.6 cm³/mol. The Bertz CT molecular complexity index is 412. The molecule has 1 atom stereocenters. The van der Waals surface area contributed by atoms with Gasteiger partial charge in [-0.3, -0.25) is 4.79 Å². The van der Waals surface area contributed by atoms with Gasteiger partial charge in [0.15, 0.2) is 0 Å². The lowest BCUT2D eigenvalue weighted by atomic mass is 10.2. The van der Waals surface area contributed by atoms with E-state index in [1.54, 1.807) is 17.2 Å². The van der Waals surface area contributed by atoms with Crippen molar-refractivity contribution in [1.29, 1.82) is 0 Å². The van der Waals surface area contributed by atoms with Gasteiger partial charge in [-0.15, -0.1) is 0 Å². The predicted octanol–water partition coefficient (Wildman–Crippen LogP) is 1.95. The van der Waals surface area contributed by atoms with Crippen LogP contribution in [0.2, 0.25) is 0 Å². The molecule has 106 valence electrons. The second-order valence-electron chi connectivity index (χ2n) is 4.32. The van der Waals surface area contributed by atoms with Gasteiger partial charge in [0.05, 0.1) is 6.61 Å². The van der Waals surface area contributed by atoms with E-state index in [2.05, 4.69) is 9.97 Å². The van der Waals surface area contributed by atoms with Crippen molar-refractivity contribution in [2.75, 3.05) is 18.1 Å². The Hall–Kier alpha value is -1.85. The van der Waals surface area contributed by atoms with Crippen molar-refractivity contribution >= 4 is 11.9 Å². The summed E-state index contributed by atoms with van der Waals surface area (Å²) in [6.45, 7) is 6.42. The van der Waals surface area contributed by atoms with Crippen LogP contribution in [-0.4, -0.2) is 40.2 Å². The Labute approximate surface area is 113 Å². The quantitative estimate of drug-likeness (QED) is 0.776. The lowest BCUT2D eigenvalue weighted by molar-refractivity contribution is -0.135.